The van der Waals surface area contributed by atoms with Crippen LogP contribution in [0.4, 0.5) is 30.7 Å². The number of ether oxygens (including phenoxy) is 2. The third-order valence-corrected chi connectivity index (χ3v) is 4.55. The van der Waals surface area contributed by atoms with Crippen LogP contribution >= 0.6 is 0 Å². The third kappa shape index (κ3) is 7.67. The van der Waals surface area contributed by atoms with Gasteiger partial charge in [-0.2, -0.15) is 30.7 Å². The fourth-order valence-corrected chi connectivity index (χ4v) is 2.67. The molecule has 0 aliphatic rings. The molecule has 1 aromatic rings. The molecule has 0 atom stereocenters. The van der Waals surface area contributed by atoms with E-state index in [1.165, 1.54) is 12.1 Å². The van der Waals surface area contributed by atoms with Crippen LogP contribution in [-0.2, 0) is 9.47 Å². The Kier molecular flexibility index (Phi) is 10.4. The molecule has 0 bridgehead atoms. The summed E-state index contributed by atoms with van der Waals surface area (Å²) in [6.07, 6.45) is 0.196. The lowest BCUT2D eigenvalue weighted by molar-refractivity contribution is -0.359. The van der Waals surface area contributed by atoms with Gasteiger partial charge in [0, 0.05) is 0 Å². The highest BCUT2D eigenvalue weighted by Gasteiger charge is 2.73. The zero-order valence-corrected chi connectivity index (χ0v) is 17.5. The van der Waals surface area contributed by atoms with E-state index in [0.717, 1.165) is 50.7 Å². The molecule has 0 heterocycles. The fourth-order valence-electron chi connectivity index (χ4n) is 2.67. The largest absolute Gasteiger partial charge is 0.462 e. The lowest BCUT2D eigenvalue weighted by atomic mass is 10.1. The van der Waals surface area contributed by atoms with Gasteiger partial charge in [0.15, 0.2) is 6.61 Å². The molecule has 0 saturated carbocycles. The van der Waals surface area contributed by atoms with E-state index < -0.39 is 42.1 Å². The molecular formula is C21H25F7O4. The molecule has 0 N–H and O–H groups in total. The molecule has 0 aromatic heterocycles. The van der Waals surface area contributed by atoms with Gasteiger partial charge in [-0.25, -0.2) is 9.59 Å². The topological polar surface area (TPSA) is 52.6 Å². The molecule has 0 fully saturated rings. The Morgan fingerprint density at radius 1 is 0.750 bits per heavy atom. The number of alkyl halides is 7. The minimum absolute atomic E-state index is 0.0336. The number of carbonyl (C=O) groups is 2. The number of carbonyl (C=O) groups excluding carboxylic acids is 2. The van der Waals surface area contributed by atoms with E-state index in [2.05, 4.69) is 11.7 Å². The standard InChI is InChI=1S/C21H25F7O4/c1-2-3-4-5-6-7-10-13-31-17(29)15-11-8-9-12-16(15)18(30)32-14-19(22,23)20(24,25)21(26,27)28/h8-9,11-12H,2-7,10,13-14H2,1H3. The van der Waals surface area contributed by atoms with Crippen LogP contribution in [0.15, 0.2) is 24.3 Å². The van der Waals surface area contributed by atoms with Crippen LogP contribution in [0.5, 0.6) is 0 Å². The van der Waals surface area contributed by atoms with Crippen molar-refractivity contribution < 1.29 is 49.8 Å². The van der Waals surface area contributed by atoms with E-state index in [-0.39, 0.29) is 12.2 Å². The molecule has 0 amide bonds. The first-order chi connectivity index (χ1) is 14.8. The summed E-state index contributed by atoms with van der Waals surface area (Å²) in [5, 5.41) is 0. The third-order valence-electron chi connectivity index (χ3n) is 4.55. The monoisotopic (exact) mass is 474 g/mol. The van der Waals surface area contributed by atoms with Crippen LogP contribution in [0.2, 0.25) is 0 Å². The van der Waals surface area contributed by atoms with Gasteiger partial charge in [-0.1, -0.05) is 57.6 Å². The van der Waals surface area contributed by atoms with E-state index in [9.17, 15) is 40.3 Å². The highest BCUT2D eigenvalue weighted by molar-refractivity contribution is 6.03. The Bertz CT molecular complexity index is 748. The number of unbranched alkanes of at least 4 members (excludes halogenated alkanes) is 6. The van der Waals surface area contributed by atoms with Crippen LogP contribution < -0.4 is 0 Å². The van der Waals surface area contributed by atoms with Crippen LogP contribution in [0.25, 0.3) is 0 Å². The van der Waals surface area contributed by atoms with Crippen molar-refractivity contribution in [3.8, 4) is 0 Å². The number of rotatable bonds is 13. The molecule has 4 nitrogen and oxygen atoms in total. The number of esters is 2. The minimum Gasteiger partial charge on any atom is -0.462 e. The molecular weight excluding hydrogens is 449 g/mol. The first-order valence-electron chi connectivity index (χ1n) is 10.1. The quantitative estimate of drug-likeness (QED) is 0.184. The van der Waals surface area contributed by atoms with Gasteiger partial charge in [0.2, 0.25) is 0 Å². The highest BCUT2D eigenvalue weighted by Crippen LogP contribution is 2.46. The Balaban J connectivity index is 2.66. The summed E-state index contributed by atoms with van der Waals surface area (Å²) in [7, 11) is 0. The molecule has 0 saturated heterocycles. The van der Waals surface area contributed by atoms with Gasteiger partial charge in [-0.05, 0) is 18.6 Å². The SMILES string of the molecule is CCCCCCCCCOC(=O)c1ccccc1C(=O)OCC(F)(F)C(F)(F)C(F)(F)F. The van der Waals surface area contributed by atoms with Gasteiger partial charge >= 0.3 is 30.0 Å². The zero-order chi connectivity index (χ0) is 24.4. The summed E-state index contributed by atoms with van der Waals surface area (Å²) in [6, 6.07) is 4.65. The van der Waals surface area contributed by atoms with E-state index in [0.29, 0.717) is 6.42 Å². The second kappa shape index (κ2) is 12.1. The Morgan fingerprint density at radius 2 is 1.22 bits per heavy atom. The van der Waals surface area contributed by atoms with Gasteiger partial charge in [0.1, 0.15) is 0 Å². The van der Waals surface area contributed by atoms with E-state index in [1.54, 1.807) is 0 Å². The van der Waals surface area contributed by atoms with Crippen molar-refractivity contribution in [3.63, 3.8) is 0 Å². The average Bonchev–Trinajstić information content (AvgIpc) is 2.72. The van der Waals surface area contributed by atoms with Crippen LogP contribution in [0.1, 0.15) is 72.6 Å². The van der Waals surface area contributed by atoms with E-state index in [4.69, 9.17) is 4.74 Å². The molecule has 11 heteroatoms. The van der Waals surface area contributed by atoms with E-state index >= 15 is 0 Å². The van der Waals surface area contributed by atoms with E-state index in [1.807, 2.05) is 0 Å². The Morgan fingerprint density at radius 3 is 1.72 bits per heavy atom. The number of hydrogen-bond donors (Lipinski definition) is 0. The summed E-state index contributed by atoms with van der Waals surface area (Å²) in [6.45, 7) is -0.401. The lowest BCUT2D eigenvalue weighted by Crippen LogP contribution is -2.54. The maximum absolute atomic E-state index is 13.3. The number of benzene rings is 1. The second-order valence-electron chi connectivity index (χ2n) is 7.16. The molecule has 0 aliphatic heterocycles. The predicted molar refractivity (Wildman–Crippen MR) is 101 cm³/mol. The van der Waals surface area contributed by atoms with Crippen LogP contribution in [-0.4, -0.2) is 43.2 Å². The van der Waals surface area contributed by atoms with Crippen LogP contribution in [0, 0.1) is 0 Å². The molecule has 182 valence electrons. The molecule has 0 unspecified atom stereocenters. The molecule has 0 radical (unpaired) electrons. The minimum atomic E-state index is -6.54. The zero-order valence-electron chi connectivity index (χ0n) is 17.5. The summed E-state index contributed by atoms with van der Waals surface area (Å²) in [5.74, 6) is -14.7. The molecule has 1 aromatic carbocycles. The number of halogens is 7. The second-order valence-corrected chi connectivity index (χ2v) is 7.16. The van der Waals surface area contributed by atoms with Crippen molar-refractivity contribution in [2.45, 2.75) is 69.9 Å². The summed E-state index contributed by atoms with van der Waals surface area (Å²) < 4.78 is 98.0. The van der Waals surface area contributed by atoms with Crippen molar-refractivity contribution in [1.82, 2.24) is 0 Å². The normalized spacial score (nSPS) is 12.5. The van der Waals surface area contributed by atoms with Crippen molar-refractivity contribution in [1.29, 1.82) is 0 Å². The lowest BCUT2D eigenvalue weighted by Gasteiger charge is -2.27. The molecule has 32 heavy (non-hydrogen) atoms. The fraction of sp³-hybridized carbons (Fsp3) is 0.619. The van der Waals surface area contributed by atoms with Gasteiger partial charge < -0.3 is 9.47 Å². The van der Waals surface area contributed by atoms with Gasteiger partial charge in [-0.3, -0.25) is 0 Å². The Hall–Kier alpha value is -2.33. The van der Waals surface area contributed by atoms with Gasteiger partial charge in [0.05, 0.1) is 17.7 Å². The average molecular weight is 474 g/mol. The first-order valence-corrected chi connectivity index (χ1v) is 10.1. The number of hydrogen-bond acceptors (Lipinski definition) is 4. The summed E-state index contributed by atoms with van der Waals surface area (Å²) in [5.41, 5.74) is -0.977. The van der Waals surface area contributed by atoms with Crippen LogP contribution in [0.3, 0.4) is 0 Å². The van der Waals surface area contributed by atoms with Crippen molar-refractivity contribution in [2.75, 3.05) is 13.2 Å². The molecule has 0 spiro atoms. The maximum Gasteiger partial charge on any atom is 0.460 e. The molecule has 1 rings (SSSR count). The highest BCUT2D eigenvalue weighted by atomic mass is 19.4. The predicted octanol–water partition coefficient (Wildman–Crippen LogP) is 6.58. The van der Waals surface area contributed by atoms with Crippen molar-refractivity contribution in [3.05, 3.63) is 35.4 Å². The van der Waals surface area contributed by atoms with Crippen molar-refractivity contribution in [2.24, 2.45) is 0 Å². The van der Waals surface area contributed by atoms with Crippen molar-refractivity contribution >= 4 is 11.9 Å². The summed E-state index contributed by atoms with van der Waals surface area (Å²) in [4.78, 5) is 24.2. The van der Waals surface area contributed by atoms with Gasteiger partial charge in [0.25, 0.3) is 0 Å². The van der Waals surface area contributed by atoms with Gasteiger partial charge in [-0.15, -0.1) is 0 Å². The molecule has 0 aliphatic carbocycles. The first kappa shape index (κ1) is 27.7. The Labute approximate surface area is 181 Å². The summed E-state index contributed by atoms with van der Waals surface area (Å²) >= 11 is 0. The maximum atomic E-state index is 13.3. The smallest absolute Gasteiger partial charge is 0.460 e.